The van der Waals surface area contributed by atoms with E-state index in [2.05, 4.69) is 340 Å². The summed E-state index contributed by atoms with van der Waals surface area (Å²) in [7, 11) is 0. The van der Waals surface area contributed by atoms with Crippen molar-refractivity contribution in [3.8, 4) is 100 Å². The van der Waals surface area contributed by atoms with E-state index >= 15 is 0 Å². The van der Waals surface area contributed by atoms with E-state index in [9.17, 15) is 0 Å². The lowest BCUT2D eigenvalue weighted by atomic mass is 9.84. The van der Waals surface area contributed by atoms with Crippen LogP contribution in [0.15, 0.2) is 349 Å². The van der Waals surface area contributed by atoms with E-state index in [0.717, 1.165) is 110 Å². The molecule has 19 aromatic rings. The van der Waals surface area contributed by atoms with Gasteiger partial charge in [-0.3, -0.25) is 0 Å². The van der Waals surface area contributed by atoms with E-state index in [4.69, 9.17) is 8.83 Å². The molecule has 436 valence electrons. The first-order chi connectivity index (χ1) is 46.6. The van der Waals surface area contributed by atoms with Crippen LogP contribution in [0, 0.1) is 0 Å². The Morgan fingerprint density at radius 3 is 1.15 bits per heavy atom. The summed E-state index contributed by atoms with van der Waals surface area (Å²) in [5, 5.41) is 16.1. The van der Waals surface area contributed by atoms with E-state index < -0.39 is 0 Å². The Balaban J connectivity index is 0.821. The highest BCUT2D eigenvalue weighted by Gasteiger charge is 2.26. The first-order valence-electron chi connectivity index (χ1n) is 32.4. The third-order valence-corrected chi connectivity index (χ3v) is 19.7. The Bertz CT molecular complexity index is 6170. The largest absolute Gasteiger partial charge is 0.455 e. The maximum atomic E-state index is 7.73. The molecule has 0 fully saturated rings. The van der Waals surface area contributed by atoms with Gasteiger partial charge in [-0.15, -0.1) is 0 Å². The van der Waals surface area contributed by atoms with E-state index in [-0.39, 0.29) is 0 Å². The highest BCUT2D eigenvalue weighted by atomic mass is 16.3. The van der Waals surface area contributed by atoms with Crippen LogP contribution in [-0.2, 0) is 0 Å². The van der Waals surface area contributed by atoms with Crippen molar-refractivity contribution < 1.29 is 8.83 Å². The Morgan fingerprint density at radius 1 is 0.160 bits per heavy atom. The molecular formula is C92H56O2. The summed E-state index contributed by atoms with van der Waals surface area (Å²) in [6.07, 6.45) is 0. The fraction of sp³-hybridized carbons (Fsp3) is 0. The molecule has 2 aromatic heterocycles. The molecular weight excluding hydrogens is 1140 g/mol. The molecule has 0 aliphatic heterocycles. The first-order valence-corrected chi connectivity index (χ1v) is 32.4. The van der Waals surface area contributed by atoms with Crippen LogP contribution >= 0.6 is 0 Å². The average Bonchev–Trinajstić information content (AvgIpc) is 1.06. The van der Waals surface area contributed by atoms with Crippen molar-refractivity contribution in [3.63, 3.8) is 0 Å². The molecule has 0 bridgehead atoms. The van der Waals surface area contributed by atoms with Gasteiger partial charge < -0.3 is 8.83 Å². The highest BCUT2D eigenvalue weighted by Crippen LogP contribution is 2.52. The molecule has 0 N–H and O–H groups in total. The highest BCUT2D eigenvalue weighted by molar-refractivity contribution is 6.28. The van der Waals surface area contributed by atoms with Gasteiger partial charge in [0.15, 0.2) is 0 Å². The SMILES string of the molecule is c1ccc(-c2ccc(-c3ccc(-c4c5ccccc5c(-c5cccc6c5oc5ccccc56)c5cc(-c6cccc7c6oc6c(-c8c9ccccc9c(-c9ccc(-c%10cccc%11ccccc%10%11)cc9)c9ccccc89)ccc(-c8ccccc8)c67)ccc45)cc3)cc2)cc1. The van der Waals surface area contributed by atoms with Gasteiger partial charge in [0.1, 0.15) is 22.3 Å². The van der Waals surface area contributed by atoms with Gasteiger partial charge in [-0.25, -0.2) is 0 Å². The van der Waals surface area contributed by atoms with Crippen molar-refractivity contribution in [1.29, 1.82) is 0 Å². The number of hydrogen-bond acceptors (Lipinski definition) is 2. The summed E-state index contributed by atoms with van der Waals surface area (Å²) in [6.45, 7) is 0. The van der Waals surface area contributed by atoms with E-state index in [1.54, 1.807) is 0 Å². The minimum absolute atomic E-state index is 0.840. The Morgan fingerprint density at radius 2 is 0.532 bits per heavy atom. The second kappa shape index (κ2) is 21.7. The lowest BCUT2D eigenvalue weighted by molar-refractivity contribution is 0.670. The summed E-state index contributed by atoms with van der Waals surface area (Å²) in [5.74, 6) is 0. The molecule has 0 spiro atoms. The smallest absolute Gasteiger partial charge is 0.143 e. The maximum Gasteiger partial charge on any atom is 0.143 e. The van der Waals surface area contributed by atoms with Crippen LogP contribution in [0.4, 0.5) is 0 Å². The molecule has 17 aromatic carbocycles. The van der Waals surface area contributed by atoms with Gasteiger partial charge in [-0.05, 0) is 144 Å². The monoisotopic (exact) mass is 1190 g/mol. The second-order valence-corrected chi connectivity index (χ2v) is 24.8. The summed E-state index contributed by atoms with van der Waals surface area (Å²) in [6, 6.07) is 124. The molecule has 0 aliphatic rings. The zero-order valence-electron chi connectivity index (χ0n) is 51.1. The summed E-state index contributed by atoms with van der Waals surface area (Å²) in [4.78, 5) is 0. The predicted molar refractivity (Wildman–Crippen MR) is 397 cm³/mol. The third-order valence-electron chi connectivity index (χ3n) is 19.7. The van der Waals surface area contributed by atoms with E-state index in [1.165, 1.54) is 87.8 Å². The van der Waals surface area contributed by atoms with Crippen molar-refractivity contribution in [2.24, 2.45) is 0 Å². The molecule has 94 heavy (non-hydrogen) atoms. The predicted octanol–water partition coefficient (Wildman–Crippen LogP) is 26.3. The van der Waals surface area contributed by atoms with Crippen LogP contribution in [0.5, 0.6) is 0 Å². The average molecular weight is 1190 g/mol. The first kappa shape index (κ1) is 53.5. The van der Waals surface area contributed by atoms with Crippen molar-refractivity contribution in [3.05, 3.63) is 340 Å². The fourth-order valence-corrected chi connectivity index (χ4v) is 15.4. The Kier molecular flexibility index (Phi) is 12.3. The van der Waals surface area contributed by atoms with Gasteiger partial charge >= 0.3 is 0 Å². The van der Waals surface area contributed by atoms with Crippen molar-refractivity contribution in [2.45, 2.75) is 0 Å². The molecule has 0 aliphatic carbocycles. The molecule has 0 radical (unpaired) electrons. The molecule has 0 amide bonds. The molecule has 2 heterocycles. The molecule has 19 rings (SSSR count). The summed E-state index contributed by atoms with van der Waals surface area (Å²) >= 11 is 0. The Labute approximate surface area is 543 Å². The summed E-state index contributed by atoms with van der Waals surface area (Å²) in [5.41, 5.74) is 24.1. The van der Waals surface area contributed by atoms with Gasteiger partial charge in [0.25, 0.3) is 0 Å². The molecule has 0 saturated carbocycles. The van der Waals surface area contributed by atoms with E-state index in [0.29, 0.717) is 0 Å². The van der Waals surface area contributed by atoms with Crippen LogP contribution in [0.3, 0.4) is 0 Å². The molecule has 2 heteroatoms. The number of hydrogen-bond donors (Lipinski definition) is 0. The fourth-order valence-electron chi connectivity index (χ4n) is 15.4. The minimum Gasteiger partial charge on any atom is -0.455 e. The topological polar surface area (TPSA) is 26.3 Å². The molecule has 2 nitrogen and oxygen atoms in total. The molecule has 0 saturated heterocycles. The number of rotatable bonds is 9. The van der Waals surface area contributed by atoms with Crippen LogP contribution in [0.1, 0.15) is 0 Å². The number of benzene rings is 17. The number of para-hydroxylation sites is 3. The van der Waals surface area contributed by atoms with Crippen LogP contribution < -0.4 is 0 Å². The van der Waals surface area contributed by atoms with Crippen molar-refractivity contribution in [1.82, 2.24) is 0 Å². The van der Waals surface area contributed by atoms with Gasteiger partial charge in [0, 0.05) is 49.4 Å². The van der Waals surface area contributed by atoms with E-state index in [1.807, 2.05) is 0 Å². The minimum atomic E-state index is 0.840. The normalized spacial score (nSPS) is 11.8. The van der Waals surface area contributed by atoms with Gasteiger partial charge in [0.2, 0.25) is 0 Å². The number of fused-ring (bicyclic) bond motifs is 11. The van der Waals surface area contributed by atoms with Crippen LogP contribution in [-0.4, -0.2) is 0 Å². The van der Waals surface area contributed by atoms with Gasteiger partial charge in [-0.1, -0.05) is 322 Å². The Hall–Kier alpha value is -12.4. The van der Waals surface area contributed by atoms with Crippen LogP contribution in [0.25, 0.3) is 198 Å². The summed E-state index contributed by atoms with van der Waals surface area (Å²) < 4.78 is 14.7. The van der Waals surface area contributed by atoms with Crippen molar-refractivity contribution >= 4 is 97.7 Å². The third kappa shape index (κ3) is 8.51. The number of furan rings is 2. The maximum absolute atomic E-state index is 7.73. The van der Waals surface area contributed by atoms with Gasteiger partial charge in [-0.2, -0.15) is 0 Å². The second-order valence-electron chi connectivity index (χ2n) is 24.8. The standard InChI is InChI=1S/C92H56O2/c1-3-20-57(21-4-1)58-40-42-59(43-41-58)60-44-48-64(49-45-60)86-74-30-11-14-33-77(74)88(80-37-19-36-79-71-27-15-16-39-84(71)93-91(79)80)83-56-66(52-53-78(83)86)70-35-18-38-81-89-69(62-22-5-2-6-23-62)54-55-82(92(89)94-90(70)81)87-75-31-12-9-28-72(75)85(73-29-10-13-32-76(73)87)65-50-46-63(47-51-65)68-34-17-25-61-24-7-8-26-67(61)68/h1-56H. The molecule has 0 unspecified atom stereocenters. The zero-order chi connectivity index (χ0) is 61.8. The van der Waals surface area contributed by atoms with Crippen LogP contribution in [0.2, 0.25) is 0 Å². The molecule has 0 atom stereocenters. The van der Waals surface area contributed by atoms with Crippen molar-refractivity contribution in [2.75, 3.05) is 0 Å². The van der Waals surface area contributed by atoms with Gasteiger partial charge in [0.05, 0.1) is 0 Å². The quantitative estimate of drug-likeness (QED) is 0.135. The zero-order valence-corrected chi connectivity index (χ0v) is 51.1. The lowest BCUT2D eigenvalue weighted by Gasteiger charge is -2.19. The lowest BCUT2D eigenvalue weighted by Crippen LogP contribution is -1.92.